The van der Waals surface area contributed by atoms with Crippen LogP contribution >= 0.6 is 23.5 Å². The van der Waals surface area contributed by atoms with Crippen LogP contribution in [0.2, 0.25) is 0 Å². The fourth-order valence-corrected chi connectivity index (χ4v) is 6.94. The second-order valence-corrected chi connectivity index (χ2v) is 11.3. The molecule has 4 rings (SSSR count). The van der Waals surface area contributed by atoms with Gasteiger partial charge in [-0.3, -0.25) is 14.9 Å². The Hall–Kier alpha value is -3.51. The molecule has 1 saturated heterocycles. The van der Waals surface area contributed by atoms with E-state index in [1.807, 2.05) is 31.2 Å². The number of carbonyl (C=O) groups is 2. The molecule has 1 amide bonds. The normalized spacial score (nSPS) is 20.9. The number of carbonyl (C=O) groups excluding carboxylic acids is 2. The van der Waals surface area contributed by atoms with Crippen LogP contribution in [-0.2, 0) is 27.5 Å². The van der Waals surface area contributed by atoms with E-state index in [1.54, 1.807) is 18.7 Å². The molecule has 198 valence electrons. The van der Waals surface area contributed by atoms with E-state index < -0.39 is 22.9 Å². The topological polar surface area (TPSA) is 159 Å². The summed E-state index contributed by atoms with van der Waals surface area (Å²) >= 11 is 3.02. The van der Waals surface area contributed by atoms with E-state index in [2.05, 4.69) is 10.0 Å². The summed E-state index contributed by atoms with van der Waals surface area (Å²) in [7, 11) is 0. The number of fused-ring (bicyclic) bond motifs is 1. The molecular formula is C25H25N5O6S2. The predicted molar refractivity (Wildman–Crippen MR) is 142 cm³/mol. The highest BCUT2D eigenvalue weighted by molar-refractivity contribution is 8.17. The van der Waals surface area contributed by atoms with Crippen molar-refractivity contribution in [2.45, 2.75) is 44.0 Å². The summed E-state index contributed by atoms with van der Waals surface area (Å²) in [6.45, 7) is 3.69. The molecule has 0 bridgehead atoms. The van der Waals surface area contributed by atoms with Crippen LogP contribution in [0.25, 0.3) is 10.4 Å². The van der Waals surface area contributed by atoms with Crippen LogP contribution in [-0.4, -0.2) is 44.0 Å². The zero-order valence-corrected chi connectivity index (χ0v) is 22.2. The molecular weight excluding hydrogens is 530 g/mol. The monoisotopic (exact) mass is 555 g/mol. The van der Waals surface area contributed by atoms with Crippen molar-refractivity contribution in [1.82, 2.24) is 4.90 Å². The fourth-order valence-electron chi connectivity index (χ4n) is 4.60. The number of nitrogens with zero attached hydrogens (tertiary/aromatic N) is 5. The maximum absolute atomic E-state index is 13.2. The van der Waals surface area contributed by atoms with Crippen LogP contribution in [0.4, 0.5) is 5.69 Å². The third-order valence-electron chi connectivity index (χ3n) is 6.50. The number of azide groups is 1. The standard InChI is InChI=1S/C25H25N5O6S2/c1-14-21-20(15(2)31)24(32)29(21)22(25(33)36-12-17-3-7-18(8-4-17)30(34)35)23(14)38-13-37-19-9-5-16(6-10-19)11-27-28-26/h3-10,14-15,20-21,31H,11-13H2,1-2H3/t14-,15-,20-,21-/m1/s1. The van der Waals surface area contributed by atoms with Gasteiger partial charge in [0, 0.05) is 37.8 Å². The first-order valence-corrected chi connectivity index (χ1v) is 13.7. The molecule has 38 heavy (non-hydrogen) atoms. The van der Waals surface area contributed by atoms with Gasteiger partial charge in [-0.2, -0.15) is 0 Å². The van der Waals surface area contributed by atoms with Crippen molar-refractivity contribution >= 4 is 41.1 Å². The lowest BCUT2D eigenvalue weighted by Crippen LogP contribution is -2.63. The number of ether oxygens (including phenoxy) is 1. The summed E-state index contributed by atoms with van der Waals surface area (Å²) < 4.78 is 5.52. The highest BCUT2D eigenvalue weighted by atomic mass is 32.2. The maximum Gasteiger partial charge on any atom is 0.356 e. The van der Waals surface area contributed by atoms with Crippen LogP contribution in [0.5, 0.6) is 0 Å². The lowest BCUT2D eigenvalue weighted by Gasteiger charge is -2.46. The van der Waals surface area contributed by atoms with Crippen LogP contribution in [0.1, 0.15) is 25.0 Å². The number of esters is 1. The largest absolute Gasteiger partial charge is 0.456 e. The zero-order valence-electron chi connectivity index (χ0n) is 20.6. The molecule has 2 aliphatic rings. The van der Waals surface area contributed by atoms with Crippen LogP contribution < -0.4 is 0 Å². The van der Waals surface area contributed by atoms with Gasteiger partial charge in [-0.05, 0) is 47.8 Å². The molecule has 0 spiro atoms. The first-order chi connectivity index (χ1) is 18.2. The zero-order chi connectivity index (χ0) is 27.4. The van der Waals surface area contributed by atoms with Crippen LogP contribution in [0.15, 0.2) is 69.1 Å². The smallest absolute Gasteiger partial charge is 0.356 e. The minimum atomic E-state index is -0.841. The van der Waals surface area contributed by atoms with E-state index in [0.717, 1.165) is 15.4 Å². The number of benzene rings is 2. The Morgan fingerprint density at radius 3 is 2.47 bits per heavy atom. The van der Waals surface area contributed by atoms with Crippen molar-refractivity contribution in [2.24, 2.45) is 17.0 Å². The summed E-state index contributed by atoms with van der Waals surface area (Å²) in [5, 5.41) is 25.2. The van der Waals surface area contributed by atoms with E-state index in [-0.39, 0.29) is 42.4 Å². The number of β-lactam (4-membered cyclic amide) rings is 1. The fraction of sp³-hybridized carbons (Fsp3) is 0.360. The molecule has 0 saturated carbocycles. The van der Waals surface area contributed by atoms with Crippen molar-refractivity contribution in [3.63, 3.8) is 0 Å². The molecule has 0 radical (unpaired) electrons. The molecule has 2 aliphatic heterocycles. The Bertz CT molecular complexity index is 1310. The van der Waals surface area contributed by atoms with E-state index in [4.69, 9.17) is 10.3 Å². The molecule has 2 aromatic rings. The second-order valence-electron chi connectivity index (χ2n) is 8.91. The summed E-state index contributed by atoms with van der Waals surface area (Å²) in [6.07, 6.45) is -0.841. The van der Waals surface area contributed by atoms with Gasteiger partial charge >= 0.3 is 5.97 Å². The first-order valence-electron chi connectivity index (χ1n) is 11.7. The molecule has 0 unspecified atom stereocenters. The molecule has 13 heteroatoms. The second kappa shape index (κ2) is 11.9. The number of aliphatic hydroxyl groups excluding tert-OH is 1. The molecule has 0 aromatic heterocycles. The number of thioether (sulfide) groups is 2. The molecule has 1 N–H and O–H groups in total. The minimum absolute atomic E-state index is 0.0629. The average molecular weight is 556 g/mol. The van der Waals surface area contributed by atoms with Gasteiger partial charge in [-0.15, -0.1) is 23.5 Å². The van der Waals surface area contributed by atoms with Gasteiger partial charge in [0.1, 0.15) is 12.3 Å². The minimum Gasteiger partial charge on any atom is -0.456 e. The lowest BCUT2D eigenvalue weighted by molar-refractivity contribution is -0.384. The van der Waals surface area contributed by atoms with Crippen molar-refractivity contribution in [3.05, 3.63) is 90.8 Å². The molecule has 11 nitrogen and oxygen atoms in total. The van der Waals surface area contributed by atoms with Gasteiger partial charge in [0.25, 0.3) is 5.69 Å². The summed E-state index contributed by atoms with van der Waals surface area (Å²) in [5.41, 5.74) is 10.1. The molecule has 2 aromatic carbocycles. The Kier molecular flexibility index (Phi) is 8.62. The van der Waals surface area contributed by atoms with Crippen molar-refractivity contribution in [3.8, 4) is 0 Å². The van der Waals surface area contributed by atoms with Crippen molar-refractivity contribution in [1.29, 1.82) is 0 Å². The Morgan fingerprint density at radius 1 is 1.21 bits per heavy atom. The van der Waals surface area contributed by atoms with Gasteiger partial charge in [0.05, 0.1) is 29.5 Å². The Labute approximate surface area is 227 Å². The van der Waals surface area contributed by atoms with E-state index in [0.29, 0.717) is 10.6 Å². The van der Waals surface area contributed by atoms with Gasteiger partial charge in [-0.1, -0.05) is 24.2 Å². The third kappa shape index (κ3) is 5.65. The highest BCUT2D eigenvalue weighted by Gasteiger charge is 2.60. The van der Waals surface area contributed by atoms with Gasteiger partial charge in [-0.25, -0.2) is 4.79 Å². The predicted octanol–water partition coefficient (Wildman–Crippen LogP) is 5.00. The number of nitro groups is 1. The Balaban J connectivity index is 1.47. The van der Waals surface area contributed by atoms with Gasteiger partial charge in [0.2, 0.25) is 5.91 Å². The quantitative estimate of drug-likeness (QED) is 0.0467. The number of aliphatic hydroxyl groups is 1. The summed E-state index contributed by atoms with van der Waals surface area (Å²) in [5.74, 6) is -1.70. The molecule has 4 atom stereocenters. The first kappa shape index (κ1) is 27.5. The van der Waals surface area contributed by atoms with E-state index in [1.165, 1.54) is 40.9 Å². The molecule has 2 heterocycles. The summed E-state index contributed by atoms with van der Waals surface area (Å²) in [4.78, 5) is 42.4. The van der Waals surface area contributed by atoms with E-state index in [9.17, 15) is 24.8 Å². The lowest BCUT2D eigenvalue weighted by atomic mass is 9.79. The number of nitro benzene ring substituents is 1. The number of hydrogen-bond donors (Lipinski definition) is 1. The summed E-state index contributed by atoms with van der Waals surface area (Å²) in [6, 6.07) is 13.0. The highest BCUT2D eigenvalue weighted by Crippen LogP contribution is 2.51. The molecule has 1 fully saturated rings. The third-order valence-corrected chi connectivity index (χ3v) is 8.92. The number of non-ortho nitro benzene ring substituents is 1. The van der Waals surface area contributed by atoms with Crippen LogP contribution in [0.3, 0.4) is 0 Å². The van der Waals surface area contributed by atoms with Crippen molar-refractivity contribution < 1.29 is 24.4 Å². The number of hydrogen-bond acceptors (Lipinski definition) is 9. The van der Waals surface area contributed by atoms with E-state index >= 15 is 0 Å². The van der Waals surface area contributed by atoms with Gasteiger partial charge in [0.15, 0.2) is 0 Å². The average Bonchev–Trinajstić information content (AvgIpc) is 3.14. The van der Waals surface area contributed by atoms with Gasteiger partial charge < -0.3 is 14.7 Å². The molecule has 0 aliphatic carbocycles. The van der Waals surface area contributed by atoms with Crippen LogP contribution in [0, 0.1) is 22.0 Å². The van der Waals surface area contributed by atoms with Crippen molar-refractivity contribution in [2.75, 3.05) is 5.08 Å². The SMILES string of the molecule is C[C@@H](O)[C@H]1C(=O)N2C(C(=O)OCc3ccc([N+](=O)[O-])cc3)=C(SCSc3ccc(CN=[N+]=[N-])cc3)[C@H](C)[C@H]12. The number of amides is 1. The number of rotatable bonds is 11. The maximum atomic E-state index is 13.2. The Morgan fingerprint density at radius 2 is 1.87 bits per heavy atom.